The minimum Gasteiger partial charge on any atom is -0.359 e. The van der Waals surface area contributed by atoms with E-state index in [1.54, 1.807) is 0 Å². The minimum absolute atomic E-state index is 0.0454. The Morgan fingerprint density at radius 3 is 2.08 bits per heavy atom. The van der Waals surface area contributed by atoms with E-state index in [4.69, 9.17) is 10.1 Å². The quantitative estimate of drug-likeness (QED) is 0.197. The van der Waals surface area contributed by atoms with Gasteiger partial charge in [-0.05, 0) is 80.9 Å². The maximum atomic E-state index is 5.47. The minimum atomic E-state index is -0.0637. The SMILES string of the molecule is CC(C)(C)c1ccc2[nH]c3c(-c4nn(-c5cc(-c6ccccc6)cc(-c6[nH]cc7ccccc67)n5)c5ccccc45)cc(C(C)(C)C)cc3c2c1. The number of aromatic amines is 2. The summed E-state index contributed by atoms with van der Waals surface area (Å²) < 4.78 is 2.03. The molecule has 0 radical (unpaired) electrons. The van der Waals surface area contributed by atoms with E-state index in [0.29, 0.717) is 0 Å². The van der Waals surface area contributed by atoms with Gasteiger partial charge in [0.25, 0.3) is 0 Å². The second-order valence-corrected chi connectivity index (χ2v) is 15.8. The fourth-order valence-electron chi connectivity index (χ4n) is 7.37. The van der Waals surface area contributed by atoms with Crippen molar-refractivity contribution in [1.82, 2.24) is 24.7 Å². The van der Waals surface area contributed by atoms with Gasteiger partial charge in [-0.25, -0.2) is 9.67 Å². The first-order valence-corrected chi connectivity index (χ1v) is 17.8. The zero-order valence-corrected chi connectivity index (χ0v) is 30.0. The molecular weight excluding hydrogens is 623 g/mol. The molecular formula is C46H41N5. The number of para-hydroxylation sites is 1. The van der Waals surface area contributed by atoms with Crippen molar-refractivity contribution in [1.29, 1.82) is 0 Å². The van der Waals surface area contributed by atoms with Crippen molar-refractivity contribution in [2.45, 2.75) is 52.4 Å². The van der Waals surface area contributed by atoms with Crippen molar-refractivity contribution in [3.05, 3.63) is 139 Å². The smallest absolute Gasteiger partial charge is 0.155 e. The molecule has 0 fully saturated rings. The van der Waals surface area contributed by atoms with Gasteiger partial charge in [0.2, 0.25) is 0 Å². The lowest BCUT2D eigenvalue weighted by Gasteiger charge is -2.21. The van der Waals surface area contributed by atoms with Gasteiger partial charge in [-0.2, -0.15) is 5.10 Å². The van der Waals surface area contributed by atoms with Crippen LogP contribution >= 0.6 is 0 Å². The van der Waals surface area contributed by atoms with Gasteiger partial charge in [-0.1, -0.05) is 120 Å². The summed E-state index contributed by atoms with van der Waals surface area (Å²) in [5, 5.41) is 11.3. The Kier molecular flexibility index (Phi) is 6.88. The molecule has 0 aliphatic rings. The van der Waals surface area contributed by atoms with Gasteiger partial charge < -0.3 is 9.97 Å². The van der Waals surface area contributed by atoms with Gasteiger partial charge in [0.1, 0.15) is 5.69 Å². The van der Waals surface area contributed by atoms with Crippen LogP contribution in [0.2, 0.25) is 0 Å². The number of hydrogen-bond acceptors (Lipinski definition) is 2. The third-order valence-electron chi connectivity index (χ3n) is 10.3. The highest BCUT2D eigenvalue weighted by atomic mass is 15.3. The topological polar surface area (TPSA) is 62.3 Å². The van der Waals surface area contributed by atoms with Crippen LogP contribution in [0.3, 0.4) is 0 Å². The van der Waals surface area contributed by atoms with E-state index in [0.717, 1.165) is 72.3 Å². The molecule has 4 aromatic heterocycles. The molecule has 0 bridgehead atoms. The van der Waals surface area contributed by atoms with Gasteiger partial charge in [-0.15, -0.1) is 0 Å². The lowest BCUT2D eigenvalue weighted by molar-refractivity contribution is 0.590. The first-order chi connectivity index (χ1) is 24.5. The Morgan fingerprint density at radius 2 is 1.29 bits per heavy atom. The van der Waals surface area contributed by atoms with Crippen LogP contribution in [0, 0.1) is 0 Å². The largest absolute Gasteiger partial charge is 0.359 e. The maximum absolute atomic E-state index is 5.47. The average Bonchev–Trinajstić information content (AvgIpc) is 3.84. The van der Waals surface area contributed by atoms with E-state index in [-0.39, 0.29) is 10.8 Å². The molecule has 9 rings (SSSR count). The molecule has 5 aromatic carbocycles. The summed E-state index contributed by atoms with van der Waals surface area (Å²) >= 11 is 0. The molecule has 0 saturated carbocycles. The van der Waals surface area contributed by atoms with Gasteiger partial charge in [0.15, 0.2) is 5.82 Å². The molecule has 4 heterocycles. The van der Waals surface area contributed by atoms with Crippen LogP contribution in [0.5, 0.6) is 0 Å². The van der Waals surface area contributed by atoms with Crippen molar-refractivity contribution in [3.63, 3.8) is 0 Å². The molecule has 2 N–H and O–H groups in total. The van der Waals surface area contributed by atoms with Crippen LogP contribution in [-0.4, -0.2) is 24.7 Å². The van der Waals surface area contributed by atoms with E-state index in [1.807, 2.05) is 4.68 Å². The third kappa shape index (κ3) is 5.23. The Balaban J connectivity index is 1.32. The van der Waals surface area contributed by atoms with Crippen molar-refractivity contribution < 1.29 is 0 Å². The van der Waals surface area contributed by atoms with Crippen LogP contribution in [0.1, 0.15) is 52.7 Å². The van der Waals surface area contributed by atoms with Crippen LogP contribution in [-0.2, 0) is 10.8 Å². The second-order valence-electron chi connectivity index (χ2n) is 15.8. The van der Waals surface area contributed by atoms with Crippen molar-refractivity contribution >= 4 is 43.5 Å². The number of nitrogens with one attached hydrogen (secondary N) is 2. The summed E-state index contributed by atoms with van der Waals surface area (Å²) in [7, 11) is 0. The number of hydrogen-bond donors (Lipinski definition) is 2. The van der Waals surface area contributed by atoms with E-state index in [2.05, 4.69) is 179 Å². The molecule has 0 unspecified atom stereocenters. The molecule has 250 valence electrons. The molecule has 0 amide bonds. The third-order valence-corrected chi connectivity index (χ3v) is 10.3. The number of fused-ring (bicyclic) bond motifs is 5. The Labute approximate surface area is 298 Å². The summed E-state index contributed by atoms with van der Waals surface area (Å²) in [5.74, 6) is 0.766. The summed E-state index contributed by atoms with van der Waals surface area (Å²) in [6.07, 6.45) is 2.06. The first-order valence-electron chi connectivity index (χ1n) is 17.8. The van der Waals surface area contributed by atoms with Crippen LogP contribution in [0.4, 0.5) is 0 Å². The molecule has 0 aliphatic heterocycles. The zero-order valence-electron chi connectivity index (χ0n) is 30.0. The number of nitrogens with zero attached hydrogens (tertiary/aromatic N) is 3. The number of pyridine rings is 1. The molecule has 0 aliphatic carbocycles. The molecule has 0 atom stereocenters. The monoisotopic (exact) mass is 663 g/mol. The number of rotatable bonds is 4. The lowest BCUT2D eigenvalue weighted by atomic mass is 9.83. The fraction of sp³-hybridized carbons (Fsp3) is 0.174. The first kappa shape index (κ1) is 31.1. The zero-order chi connectivity index (χ0) is 35.1. The van der Waals surface area contributed by atoms with E-state index < -0.39 is 0 Å². The molecule has 5 nitrogen and oxygen atoms in total. The number of benzene rings is 5. The second kappa shape index (κ2) is 11.3. The maximum Gasteiger partial charge on any atom is 0.155 e. The molecule has 51 heavy (non-hydrogen) atoms. The fourth-order valence-corrected chi connectivity index (χ4v) is 7.37. The van der Waals surface area contributed by atoms with Gasteiger partial charge >= 0.3 is 0 Å². The number of H-pyrrole nitrogens is 2. The highest BCUT2D eigenvalue weighted by Gasteiger charge is 2.24. The average molecular weight is 664 g/mol. The summed E-state index contributed by atoms with van der Waals surface area (Å²) in [6, 6.07) is 43.4. The van der Waals surface area contributed by atoms with Gasteiger partial charge in [-0.3, -0.25) is 0 Å². The Morgan fingerprint density at radius 1 is 0.588 bits per heavy atom. The standard InChI is InChI=1S/C46H41N5/c1-45(2,3)31-20-21-38-35(24-31)36-25-32(46(4,5)6)26-37(42(36)49-38)43-34-18-12-13-19-40(34)51(50-43)41-23-30(28-14-8-7-9-15-28)22-39(48-41)44-33-17-11-10-16-29(33)27-47-44/h7-27,47,49H,1-6H3. The van der Waals surface area contributed by atoms with Crippen LogP contribution in [0.25, 0.3) is 83.1 Å². The summed E-state index contributed by atoms with van der Waals surface area (Å²) in [5.41, 5.74) is 11.9. The van der Waals surface area contributed by atoms with Gasteiger partial charge in [0.05, 0.1) is 22.4 Å². The highest BCUT2D eigenvalue weighted by Crippen LogP contribution is 2.41. The van der Waals surface area contributed by atoms with Crippen molar-refractivity contribution in [3.8, 4) is 39.6 Å². The van der Waals surface area contributed by atoms with Crippen molar-refractivity contribution in [2.24, 2.45) is 0 Å². The molecule has 0 saturated heterocycles. The Bertz CT molecular complexity index is 2760. The highest BCUT2D eigenvalue weighted by molar-refractivity contribution is 6.14. The normalized spacial score (nSPS) is 12.5. The van der Waals surface area contributed by atoms with E-state index in [1.165, 1.54) is 21.9 Å². The summed E-state index contributed by atoms with van der Waals surface area (Å²) in [4.78, 5) is 12.7. The predicted octanol–water partition coefficient (Wildman–Crippen LogP) is 12.1. The molecule has 0 spiro atoms. The van der Waals surface area contributed by atoms with E-state index >= 15 is 0 Å². The molecule has 9 aromatic rings. The van der Waals surface area contributed by atoms with E-state index in [9.17, 15) is 0 Å². The predicted molar refractivity (Wildman–Crippen MR) is 214 cm³/mol. The lowest BCUT2D eigenvalue weighted by Crippen LogP contribution is -2.11. The molecule has 5 heteroatoms. The van der Waals surface area contributed by atoms with Crippen molar-refractivity contribution in [2.75, 3.05) is 0 Å². The summed E-state index contributed by atoms with van der Waals surface area (Å²) in [6.45, 7) is 13.7. The number of aromatic nitrogens is 5. The Hall–Kier alpha value is -5.94. The van der Waals surface area contributed by atoms with Crippen LogP contribution in [0.15, 0.2) is 128 Å². The van der Waals surface area contributed by atoms with Gasteiger partial charge in [0, 0.05) is 38.8 Å². The van der Waals surface area contributed by atoms with Crippen LogP contribution < -0.4 is 0 Å².